The number of nitrogens with zero attached hydrogens (tertiary/aromatic N) is 2. The SMILES string of the molecule is Nc1nc2c(c(=O)[nH]1)C(c1ccc(Cl)cc1)C([N+](=O)[O-])O2. The third kappa shape index (κ3) is 2.19. The molecule has 108 valence electrons. The average Bonchev–Trinajstić information content (AvgIpc) is 2.79. The number of hydrogen-bond acceptors (Lipinski definition) is 6. The summed E-state index contributed by atoms with van der Waals surface area (Å²) in [5.74, 6) is -1.14. The molecule has 2 unspecified atom stereocenters. The molecule has 2 heterocycles. The number of aromatic nitrogens is 2. The number of H-pyrrole nitrogens is 1. The number of nitro groups is 1. The van der Waals surface area contributed by atoms with Crippen molar-refractivity contribution in [1.82, 2.24) is 9.97 Å². The molecule has 0 radical (unpaired) electrons. The molecule has 1 aliphatic rings. The molecule has 0 amide bonds. The molecule has 0 saturated carbocycles. The maximum Gasteiger partial charge on any atom is 0.366 e. The lowest BCUT2D eigenvalue weighted by molar-refractivity contribution is -0.562. The molecular weight excluding hydrogens is 300 g/mol. The van der Waals surface area contributed by atoms with Crippen LogP contribution in [0.1, 0.15) is 17.0 Å². The van der Waals surface area contributed by atoms with E-state index in [-0.39, 0.29) is 17.4 Å². The van der Waals surface area contributed by atoms with Gasteiger partial charge < -0.3 is 10.5 Å². The molecule has 0 fully saturated rings. The number of halogens is 1. The van der Waals surface area contributed by atoms with Crippen molar-refractivity contribution in [3.8, 4) is 5.88 Å². The molecule has 2 atom stereocenters. The summed E-state index contributed by atoms with van der Waals surface area (Å²) < 4.78 is 5.18. The van der Waals surface area contributed by atoms with Gasteiger partial charge in [-0.3, -0.25) is 19.9 Å². The number of ether oxygens (including phenoxy) is 1. The van der Waals surface area contributed by atoms with Gasteiger partial charge in [-0.15, -0.1) is 0 Å². The summed E-state index contributed by atoms with van der Waals surface area (Å²) in [6.07, 6.45) is -1.43. The molecular formula is C12H9ClN4O4. The van der Waals surface area contributed by atoms with Crippen LogP contribution in [-0.2, 0) is 0 Å². The second kappa shape index (κ2) is 4.74. The van der Waals surface area contributed by atoms with Gasteiger partial charge in [0.05, 0.1) is 10.5 Å². The standard InChI is InChI=1S/C12H9ClN4O4/c13-6-3-1-5(2-4-6)7-8-9(18)15-12(14)16-10(8)21-11(7)17(19)20/h1-4,7,11H,(H3,14,15,16,18). The van der Waals surface area contributed by atoms with Gasteiger partial charge in [0, 0.05) is 5.02 Å². The van der Waals surface area contributed by atoms with Crippen molar-refractivity contribution in [2.24, 2.45) is 0 Å². The van der Waals surface area contributed by atoms with Gasteiger partial charge in [0.1, 0.15) is 5.92 Å². The Hall–Kier alpha value is -2.61. The van der Waals surface area contributed by atoms with Gasteiger partial charge in [0.25, 0.3) is 5.56 Å². The molecule has 1 aromatic carbocycles. The maximum atomic E-state index is 12.0. The van der Waals surface area contributed by atoms with Gasteiger partial charge in [-0.25, -0.2) is 0 Å². The maximum absolute atomic E-state index is 12.0. The fourth-order valence-electron chi connectivity index (χ4n) is 2.33. The minimum absolute atomic E-state index is 0.0909. The molecule has 3 N–H and O–H groups in total. The number of anilines is 1. The van der Waals surface area contributed by atoms with Crippen LogP contribution in [0.3, 0.4) is 0 Å². The molecule has 3 rings (SSSR count). The first-order chi connectivity index (χ1) is 9.97. The van der Waals surface area contributed by atoms with Crippen molar-refractivity contribution in [3.05, 3.63) is 60.9 Å². The van der Waals surface area contributed by atoms with E-state index in [0.29, 0.717) is 10.6 Å². The quantitative estimate of drug-likeness (QED) is 0.633. The summed E-state index contributed by atoms with van der Waals surface area (Å²) in [5.41, 5.74) is 5.50. The van der Waals surface area contributed by atoms with Crippen LogP contribution in [0.5, 0.6) is 5.88 Å². The first-order valence-corrected chi connectivity index (χ1v) is 6.30. The smallest absolute Gasteiger partial charge is 0.366 e. The zero-order valence-corrected chi connectivity index (χ0v) is 11.2. The van der Waals surface area contributed by atoms with E-state index in [4.69, 9.17) is 22.1 Å². The summed E-state index contributed by atoms with van der Waals surface area (Å²) >= 11 is 5.81. The second-order valence-corrected chi connectivity index (χ2v) is 4.93. The van der Waals surface area contributed by atoms with Crippen LogP contribution in [0, 0.1) is 10.1 Å². The fourth-order valence-corrected chi connectivity index (χ4v) is 2.46. The largest absolute Gasteiger partial charge is 0.411 e. The number of nitrogens with two attached hydrogens (primary N) is 1. The molecule has 2 aromatic rings. The van der Waals surface area contributed by atoms with Crippen LogP contribution in [0.15, 0.2) is 29.1 Å². The Balaban J connectivity index is 2.19. The molecule has 0 saturated heterocycles. The van der Waals surface area contributed by atoms with E-state index in [0.717, 1.165) is 0 Å². The average molecular weight is 309 g/mol. The van der Waals surface area contributed by atoms with E-state index < -0.39 is 22.6 Å². The summed E-state index contributed by atoms with van der Waals surface area (Å²) in [5, 5.41) is 11.7. The minimum Gasteiger partial charge on any atom is -0.411 e. The normalized spacial score (nSPS) is 19.9. The highest BCUT2D eigenvalue weighted by Crippen LogP contribution is 2.39. The minimum atomic E-state index is -1.43. The number of benzene rings is 1. The van der Waals surface area contributed by atoms with Crippen molar-refractivity contribution in [3.63, 3.8) is 0 Å². The van der Waals surface area contributed by atoms with Gasteiger partial charge >= 0.3 is 6.23 Å². The van der Waals surface area contributed by atoms with Crippen LogP contribution in [0.2, 0.25) is 5.02 Å². The van der Waals surface area contributed by atoms with E-state index in [1.54, 1.807) is 24.3 Å². The number of hydrogen-bond donors (Lipinski definition) is 2. The second-order valence-electron chi connectivity index (χ2n) is 4.49. The number of rotatable bonds is 2. The fraction of sp³-hybridized carbons (Fsp3) is 0.167. The van der Waals surface area contributed by atoms with E-state index in [1.165, 1.54) is 0 Å². The zero-order valence-electron chi connectivity index (χ0n) is 10.4. The Morgan fingerprint density at radius 1 is 1.38 bits per heavy atom. The Morgan fingerprint density at radius 3 is 2.67 bits per heavy atom. The molecule has 8 nitrogen and oxygen atoms in total. The van der Waals surface area contributed by atoms with E-state index in [2.05, 4.69) is 9.97 Å². The van der Waals surface area contributed by atoms with E-state index in [1.807, 2.05) is 0 Å². The van der Waals surface area contributed by atoms with Crippen LogP contribution in [0.4, 0.5) is 5.95 Å². The summed E-state index contributed by atoms with van der Waals surface area (Å²) in [6, 6.07) is 6.39. The number of aromatic amines is 1. The van der Waals surface area contributed by atoms with Gasteiger partial charge in [-0.1, -0.05) is 23.7 Å². The molecule has 1 aromatic heterocycles. The molecule has 21 heavy (non-hydrogen) atoms. The number of nitrogen functional groups attached to an aromatic ring is 1. The van der Waals surface area contributed by atoms with Gasteiger partial charge in [0.15, 0.2) is 0 Å². The summed E-state index contributed by atoms with van der Waals surface area (Å²) in [4.78, 5) is 28.8. The highest BCUT2D eigenvalue weighted by molar-refractivity contribution is 6.30. The highest BCUT2D eigenvalue weighted by Gasteiger charge is 2.47. The summed E-state index contributed by atoms with van der Waals surface area (Å²) in [6.45, 7) is 0. The molecule has 0 bridgehead atoms. The van der Waals surface area contributed by atoms with Crippen molar-refractivity contribution < 1.29 is 9.66 Å². The zero-order chi connectivity index (χ0) is 15.1. The van der Waals surface area contributed by atoms with Crippen LogP contribution in [0.25, 0.3) is 0 Å². The Bertz CT molecular complexity index is 774. The molecule has 0 aliphatic carbocycles. The first kappa shape index (κ1) is 13.4. The molecule has 1 aliphatic heterocycles. The Labute approximate surface area is 122 Å². The summed E-state index contributed by atoms with van der Waals surface area (Å²) in [7, 11) is 0. The topological polar surface area (TPSA) is 124 Å². The first-order valence-electron chi connectivity index (χ1n) is 5.92. The Morgan fingerprint density at radius 2 is 2.05 bits per heavy atom. The lowest BCUT2D eigenvalue weighted by atomic mass is 9.93. The lowest BCUT2D eigenvalue weighted by Gasteiger charge is -2.11. The lowest BCUT2D eigenvalue weighted by Crippen LogP contribution is -2.30. The van der Waals surface area contributed by atoms with Crippen molar-refractivity contribution >= 4 is 17.5 Å². The van der Waals surface area contributed by atoms with Gasteiger partial charge in [-0.2, -0.15) is 4.98 Å². The van der Waals surface area contributed by atoms with Crippen LogP contribution >= 0.6 is 11.6 Å². The predicted molar refractivity (Wildman–Crippen MR) is 74.0 cm³/mol. The molecule has 0 spiro atoms. The third-order valence-electron chi connectivity index (χ3n) is 3.20. The van der Waals surface area contributed by atoms with Crippen LogP contribution < -0.4 is 16.0 Å². The monoisotopic (exact) mass is 308 g/mol. The van der Waals surface area contributed by atoms with Crippen molar-refractivity contribution in [2.75, 3.05) is 5.73 Å². The molecule has 9 heteroatoms. The van der Waals surface area contributed by atoms with Crippen LogP contribution in [-0.4, -0.2) is 21.1 Å². The van der Waals surface area contributed by atoms with E-state index >= 15 is 0 Å². The predicted octanol–water partition coefficient (Wildman–Crippen LogP) is 1.13. The Kier molecular flexibility index (Phi) is 3.02. The number of fused-ring (bicyclic) bond motifs is 1. The van der Waals surface area contributed by atoms with Crippen molar-refractivity contribution in [2.45, 2.75) is 12.1 Å². The third-order valence-corrected chi connectivity index (χ3v) is 3.46. The number of nitrogens with one attached hydrogen (secondary N) is 1. The van der Waals surface area contributed by atoms with Gasteiger partial charge in [-0.05, 0) is 17.7 Å². The van der Waals surface area contributed by atoms with E-state index in [9.17, 15) is 14.9 Å². The van der Waals surface area contributed by atoms with Gasteiger partial charge in [0.2, 0.25) is 11.8 Å². The highest BCUT2D eigenvalue weighted by atomic mass is 35.5. The van der Waals surface area contributed by atoms with Crippen molar-refractivity contribution in [1.29, 1.82) is 0 Å².